The first-order valence-electron chi connectivity index (χ1n) is 12.3. The summed E-state index contributed by atoms with van der Waals surface area (Å²) in [6.45, 7) is 4.78. The molecule has 0 heterocycles. The van der Waals surface area contributed by atoms with Crippen molar-refractivity contribution >= 4 is 17.7 Å². The number of carbonyl (C=O) groups is 1. The lowest BCUT2D eigenvalue weighted by Gasteiger charge is -2.36. The van der Waals surface area contributed by atoms with Crippen molar-refractivity contribution in [3.63, 3.8) is 0 Å². The van der Waals surface area contributed by atoms with Crippen molar-refractivity contribution in [2.24, 2.45) is 5.92 Å². The third-order valence-corrected chi connectivity index (χ3v) is 7.92. The minimum absolute atomic E-state index is 0.195. The van der Waals surface area contributed by atoms with Crippen LogP contribution in [0.1, 0.15) is 36.1 Å². The molecule has 4 aromatic rings. The van der Waals surface area contributed by atoms with E-state index in [-0.39, 0.29) is 18.5 Å². The minimum atomic E-state index is -0.451. The first kappa shape index (κ1) is 25.6. The molecule has 0 amide bonds. The van der Waals surface area contributed by atoms with E-state index in [1.165, 1.54) is 16.7 Å². The fraction of sp³-hybridized carbons (Fsp3) is 0.219. The second-order valence-electron chi connectivity index (χ2n) is 8.68. The molecule has 184 valence electrons. The Morgan fingerprint density at radius 2 is 1.22 bits per heavy atom. The standard InChI is InChI=1S/C32H32O3S/c1-3-34-30-21-19-26(20-22-30)23-35-31(33)25(2)24-36-32(27-13-7-4-8-14-27,28-15-9-5-10-16-28)29-17-11-6-12-18-29/h4-22,25H,3,23-24H2,1-2H3. The zero-order chi connectivity index (χ0) is 25.2. The molecule has 0 aliphatic rings. The van der Waals surface area contributed by atoms with Gasteiger partial charge in [0.2, 0.25) is 0 Å². The average Bonchev–Trinajstić information content (AvgIpc) is 2.94. The van der Waals surface area contributed by atoms with Gasteiger partial charge < -0.3 is 9.47 Å². The Morgan fingerprint density at radius 3 is 1.67 bits per heavy atom. The fourth-order valence-electron chi connectivity index (χ4n) is 4.23. The molecule has 3 nitrogen and oxygen atoms in total. The van der Waals surface area contributed by atoms with E-state index in [0.29, 0.717) is 12.4 Å². The van der Waals surface area contributed by atoms with Gasteiger partial charge in [-0.25, -0.2) is 0 Å². The number of thioether (sulfide) groups is 1. The van der Waals surface area contributed by atoms with Crippen LogP contribution in [0.25, 0.3) is 0 Å². The Balaban J connectivity index is 1.54. The lowest BCUT2D eigenvalue weighted by atomic mass is 9.84. The van der Waals surface area contributed by atoms with Crippen molar-refractivity contribution < 1.29 is 14.3 Å². The third kappa shape index (κ3) is 6.00. The third-order valence-electron chi connectivity index (χ3n) is 6.11. The molecule has 4 heteroatoms. The summed E-state index contributed by atoms with van der Waals surface area (Å²) >= 11 is 1.78. The van der Waals surface area contributed by atoms with Crippen LogP contribution in [0, 0.1) is 5.92 Å². The number of benzene rings is 4. The molecule has 1 unspecified atom stereocenters. The SMILES string of the molecule is CCOc1ccc(COC(=O)C(C)CSC(c2ccccc2)(c2ccccc2)c2ccccc2)cc1. The predicted molar refractivity (Wildman–Crippen MR) is 148 cm³/mol. The molecule has 0 aromatic heterocycles. The fourth-order valence-corrected chi connectivity index (χ4v) is 5.78. The lowest BCUT2D eigenvalue weighted by molar-refractivity contribution is -0.148. The molecule has 1 atom stereocenters. The van der Waals surface area contributed by atoms with Crippen LogP contribution in [-0.2, 0) is 20.9 Å². The van der Waals surface area contributed by atoms with Crippen LogP contribution in [0.4, 0.5) is 0 Å². The maximum atomic E-state index is 13.0. The average molecular weight is 497 g/mol. The first-order chi connectivity index (χ1) is 17.6. The quantitative estimate of drug-likeness (QED) is 0.159. The highest BCUT2D eigenvalue weighted by Crippen LogP contribution is 2.49. The number of carbonyl (C=O) groups excluding carboxylic acids is 1. The molecule has 0 saturated carbocycles. The Hall–Kier alpha value is -3.50. The summed E-state index contributed by atoms with van der Waals surface area (Å²) in [5.74, 6) is 0.963. The number of rotatable bonds is 11. The smallest absolute Gasteiger partial charge is 0.309 e. The van der Waals surface area contributed by atoms with Gasteiger partial charge in [-0.1, -0.05) is 110 Å². The van der Waals surface area contributed by atoms with Crippen molar-refractivity contribution in [1.82, 2.24) is 0 Å². The van der Waals surface area contributed by atoms with Gasteiger partial charge in [0.15, 0.2) is 0 Å². The molecule has 0 aliphatic carbocycles. The summed E-state index contributed by atoms with van der Waals surface area (Å²) in [5, 5.41) is 0. The highest BCUT2D eigenvalue weighted by Gasteiger charge is 2.37. The van der Waals surface area contributed by atoms with Gasteiger partial charge in [-0.05, 0) is 41.3 Å². The van der Waals surface area contributed by atoms with E-state index >= 15 is 0 Å². The highest BCUT2D eigenvalue weighted by molar-refractivity contribution is 8.00. The Labute approximate surface area is 218 Å². The van der Waals surface area contributed by atoms with E-state index in [0.717, 1.165) is 11.3 Å². The summed E-state index contributed by atoms with van der Waals surface area (Å²) in [6.07, 6.45) is 0. The van der Waals surface area contributed by atoms with Crippen molar-refractivity contribution in [2.45, 2.75) is 25.2 Å². The summed E-state index contributed by atoms with van der Waals surface area (Å²) < 4.78 is 10.7. The van der Waals surface area contributed by atoms with E-state index in [1.54, 1.807) is 11.8 Å². The van der Waals surface area contributed by atoms with Gasteiger partial charge in [0, 0.05) is 5.75 Å². The lowest BCUT2D eigenvalue weighted by Crippen LogP contribution is -2.28. The van der Waals surface area contributed by atoms with Crippen LogP contribution >= 0.6 is 11.8 Å². The van der Waals surface area contributed by atoms with Crippen molar-refractivity contribution in [3.05, 3.63) is 138 Å². The van der Waals surface area contributed by atoms with E-state index in [1.807, 2.05) is 56.3 Å². The second-order valence-corrected chi connectivity index (χ2v) is 9.91. The highest BCUT2D eigenvalue weighted by atomic mass is 32.2. The van der Waals surface area contributed by atoms with E-state index in [4.69, 9.17) is 9.47 Å². The van der Waals surface area contributed by atoms with Gasteiger partial charge in [0.1, 0.15) is 12.4 Å². The topological polar surface area (TPSA) is 35.5 Å². The second kappa shape index (κ2) is 12.5. The molecule has 0 fully saturated rings. The van der Waals surface area contributed by atoms with Crippen LogP contribution in [0.2, 0.25) is 0 Å². The first-order valence-corrected chi connectivity index (χ1v) is 13.3. The van der Waals surface area contributed by atoms with Crippen LogP contribution in [0.15, 0.2) is 115 Å². The number of hydrogen-bond acceptors (Lipinski definition) is 4. The number of esters is 1. The van der Waals surface area contributed by atoms with Crippen molar-refractivity contribution in [1.29, 1.82) is 0 Å². The summed E-state index contributed by atoms with van der Waals surface area (Å²) in [7, 11) is 0. The molecule has 36 heavy (non-hydrogen) atoms. The van der Waals surface area contributed by atoms with Crippen LogP contribution < -0.4 is 4.74 Å². The van der Waals surface area contributed by atoms with Gasteiger partial charge in [0.05, 0.1) is 17.3 Å². The van der Waals surface area contributed by atoms with E-state index in [9.17, 15) is 4.79 Å². The Kier molecular flexibility index (Phi) is 8.85. The van der Waals surface area contributed by atoms with Gasteiger partial charge in [-0.3, -0.25) is 4.79 Å². The molecule has 0 radical (unpaired) electrons. The van der Waals surface area contributed by atoms with Crippen LogP contribution in [0.5, 0.6) is 5.75 Å². The largest absolute Gasteiger partial charge is 0.494 e. The summed E-state index contributed by atoms with van der Waals surface area (Å²) in [5.41, 5.74) is 4.49. The minimum Gasteiger partial charge on any atom is -0.494 e. The van der Waals surface area contributed by atoms with Gasteiger partial charge >= 0.3 is 5.97 Å². The van der Waals surface area contributed by atoms with Crippen LogP contribution in [-0.4, -0.2) is 18.3 Å². The normalized spacial score (nSPS) is 12.1. The summed E-state index contributed by atoms with van der Waals surface area (Å²) in [4.78, 5) is 13.0. The molecule has 0 spiro atoms. The molecule has 0 N–H and O–H groups in total. The zero-order valence-corrected chi connectivity index (χ0v) is 21.6. The molecule has 4 rings (SSSR count). The molecular formula is C32H32O3S. The maximum absolute atomic E-state index is 13.0. The Bertz CT molecular complexity index is 1110. The van der Waals surface area contributed by atoms with Gasteiger partial charge in [0.25, 0.3) is 0 Å². The maximum Gasteiger partial charge on any atom is 0.309 e. The van der Waals surface area contributed by atoms with E-state index < -0.39 is 4.75 Å². The van der Waals surface area contributed by atoms with Crippen molar-refractivity contribution in [2.75, 3.05) is 12.4 Å². The van der Waals surface area contributed by atoms with Gasteiger partial charge in [-0.2, -0.15) is 0 Å². The molecule has 0 aliphatic heterocycles. The van der Waals surface area contributed by atoms with Crippen molar-refractivity contribution in [3.8, 4) is 5.75 Å². The Morgan fingerprint density at radius 1 is 0.750 bits per heavy atom. The monoisotopic (exact) mass is 496 g/mol. The van der Waals surface area contributed by atoms with Crippen LogP contribution in [0.3, 0.4) is 0 Å². The number of ether oxygens (including phenoxy) is 2. The molecule has 4 aromatic carbocycles. The van der Waals surface area contributed by atoms with E-state index in [2.05, 4.69) is 72.8 Å². The molecule has 0 saturated heterocycles. The van der Waals surface area contributed by atoms with Gasteiger partial charge in [-0.15, -0.1) is 11.8 Å². The summed E-state index contributed by atoms with van der Waals surface area (Å²) in [6, 6.07) is 39.2. The molecule has 0 bridgehead atoms. The predicted octanol–water partition coefficient (Wildman–Crippen LogP) is 7.49. The molecular weight excluding hydrogens is 464 g/mol. The zero-order valence-electron chi connectivity index (χ0n) is 20.8. The number of hydrogen-bond donors (Lipinski definition) is 0.